The second-order valence-electron chi connectivity index (χ2n) is 9.11. The number of rotatable bonds is 13. The normalized spacial score (nSPS) is 13.9. The molecule has 0 aliphatic heterocycles. The smallest absolute Gasteiger partial charge is 0.407 e. The predicted molar refractivity (Wildman–Crippen MR) is 135 cm³/mol. The zero-order valence-electron chi connectivity index (χ0n) is 20.6. The van der Waals surface area contributed by atoms with Crippen LogP contribution in [0.5, 0.6) is 0 Å². The summed E-state index contributed by atoms with van der Waals surface area (Å²) in [6.45, 7) is 4.21. The fourth-order valence-corrected chi connectivity index (χ4v) is 4.63. The molecule has 3 rings (SSSR count). The minimum absolute atomic E-state index is 0.0140. The van der Waals surface area contributed by atoms with Gasteiger partial charge in [0.25, 0.3) is 0 Å². The first-order valence-corrected chi connectivity index (χ1v) is 12.6. The molecule has 7 nitrogen and oxygen atoms in total. The van der Waals surface area contributed by atoms with Crippen LogP contribution in [-0.4, -0.2) is 41.8 Å². The first-order chi connectivity index (χ1) is 16.9. The lowest BCUT2D eigenvalue weighted by molar-refractivity contribution is -0.142. The van der Waals surface area contributed by atoms with Crippen LogP contribution in [0.4, 0.5) is 4.79 Å². The maximum atomic E-state index is 12.7. The van der Waals surface area contributed by atoms with Gasteiger partial charge in [0.05, 0.1) is 0 Å². The van der Waals surface area contributed by atoms with Gasteiger partial charge in [0.2, 0.25) is 5.91 Å². The Kier molecular flexibility index (Phi) is 9.70. The van der Waals surface area contributed by atoms with Crippen molar-refractivity contribution < 1.29 is 24.2 Å². The molecule has 2 aromatic rings. The molecule has 2 aromatic carbocycles. The number of hydrogen-bond acceptors (Lipinski definition) is 4. The quantitative estimate of drug-likeness (QED) is 0.364. The van der Waals surface area contributed by atoms with E-state index in [4.69, 9.17) is 4.74 Å². The van der Waals surface area contributed by atoms with E-state index in [9.17, 15) is 19.5 Å². The summed E-state index contributed by atoms with van der Waals surface area (Å²) in [6.07, 6.45) is 3.76. The first kappa shape index (κ1) is 26.3. The third-order valence-electron chi connectivity index (χ3n) is 6.48. The number of alkyl carbamates (subject to hydrolysis) is 1. The van der Waals surface area contributed by atoms with E-state index < -0.39 is 24.1 Å². The van der Waals surface area contributed by atoms with E-state index in [-0.39, 0.29) is 24.9 Å². The number of unbranched alkanes of at least 4 members (excludes halogenated alkanes) is 2. The Bertz CT molecular complexity index is 976. The second kappa shape index (κ2) is 12.9. The Morgan fingerprint density at radius 3 is 2.03 bits per heavy atom. The van der Waals surface area contributed by atoms with Crippen LogP contribution < -0.4 is 10.6 Å². The summed E-state index contributed by atoms with van der Waals surface area (Å²) in [5.74, 6) is -1.46. The molecule has 0 heterocycles. The van der Waals surface area contributed by atoms with Crippen molar-refractivity contribution in [3.63, 3.8) is 0 Å². The Labute approximate surface area is 207 Å². The number of nitrogens with one attached hydrogen (secondary N) is 2. The molecule has 1 unspecified atom stereocenters. The maximum absolute atomic E-state index is 12.7. The van der Waals surface area contributed by atoms with Crippen molar-refractivity contribution in [3.8, 4) is 11.1 Å². The minimum atomic E-state index is -1.04. The van der Waals surface area contributed by atoms with E-state index in [1.165, 1.54) is 0 Å². The van der Waals surface area contributed by atoms with Gasteiger partial charge in [-0.25, -0.2) is 9.59 Å². The summed E-state index contributed by atoms with van der Waals surface area (Å²) >= 11 is 0. The SMILES string of the molecule is CCCCC(NC(=O)C[C@H](CCCC)NC(=O)OCC1c2ccccc2-c2ccccc21)C(=O)O. The third-order valence-corrected chi connectivity index (χ3v) is 6.48. The van der Waals surface area contributed by atoms with Gasteiger partial charge in [0, 0.05) is 18.4 Å². The van der Waals surface area contributed by atoms with Gasteiger partial charge < -0.3 is 20.5 Å². The molecule has 1 aliphatic rings. The van der Waals surface area contributed by atoms with Crippen LogP contribution in [-0.2, 0) is 14.3 Å². The van der Waals surface area contributed by atoms with E-state index in [0.717, 1.165) is 41.5 Å². The molecule has 2 atom stereocenters. The molecule has 7 heteroatoms. The number of amides is 2. The zero-order valence-corrected chi connectivity index (χ0v) is 20.6. The van der Waals surface area contributed by atoms with Crippen LogP contribution in [0.25, 0.3) is 11.1 Å². The number of fused-ring (bicyclic) bond motifs is 3. The van der Waals surface area contributed by atoms with Gasteiger partial charge in [-0.15, -0.1) is 0 Å². The van der Waals surface area contributed by atoms with Crippen molar-refractivity contribution in [2.45, 2.75) is 76.8 Å². The molecule has 35 heavy (non-hydrogen) atoms. The largest absolute Gasteiger partial charge is 0.480 e. The monoisotopic (exact) mass is 480 g/mol. The Morgan fingerprint density at radius 1 is 0.886 bits per heavy atom. The lowest BCUT2D eigenvalue weighted by Gasteiger charge is -2.21. The van der Waals surface area contributed by atoms with Crippen molar-refractivity contribution in [2.75, 3.05) is 6.61 Å². The molecule has 0 spiro atoms. The van der Waals surface area contributed by atoms with E-state index in [2.05, 4.69) is 34.9 Å². The molecule has 3 N–H and O–H groups in total. The summed E-state index contributed by atoms with van der Waals surface area (Å²) in [6, 6.07) is 14.9. The minimum Gasteiger partial charge on any atom is -0.480 e. The molecule has 0 saturated heterocycles. The average Bonchev–Trinajstić information content (AvgIpc) is 3.17. The van der Waals surface area contributed by atoms with E-state index in [0.29, 0.717) is 19.3 Å². The van der Waals surface area contributed by atoms with Crippen LogP contribution >= 0.6 is 0 Å². The van der Waals surface area contributed by atoms with Gasteiger partial charge in [0.1, 0.15) is 12.6 Å². The Hall–Kier alpha value is -3.35. The van der Waals surface area contributed by atoms with Crippen molar-refractivity contribution in [2.24, 2.45) is 0 Å². The molecular weight excluding hydrogens is 444 g/mol. The van der Waals surface area contributed by atoms with Crippen LogP contribution in [0.1, 0.15) is 75.8 Å². The molecule has 0 aromatic heterocycles. The molecule has 0 fully saturated rings. The maximum Gasteiger partial charge on any atom is 0.407 e. The highest BCUT2D eigenvalue weighted by Crippen LogP contribution is 2.44. The van der Waals surface area contributed by atoms with Crippen LogP contribution in [0.15, 0.2) is 48.5 Å². The summed E-state index contributed by atoms with van der Waals surface area (Å²) in [4.78, 5) is 36.7. The lowest BCUT2D eigenvalue weighted by atomic mass is 9.98. The summed E-state index contributed by atoms with van der Waals surface area (Å²) in [7, 11) is 0. The standard InChI is InChI=1S/C28H36N2O5/c1-3-5-11-19(17-26(31)30-25(27(32)33)16-6-4-2)29-28(34)35-18-24-22-14-9-7-12-20(22)21-13-8-10-15-23(21)24/h7-10,12-15,19,24-25H,3-6,11,16-18H2,1-2H3,(H,29,34)(H,30,31)(H,32,33)/t19-,25?/m0/s1. The average molecular weight is 481 g/mol. The lowest BCUT2D eigenvalue weighted by Crippen LogP contribution is -2.45. The molecular formula is C28H36N2O5. The summed E-state index contributed by atoms with van der Waals surface area (Å²) in [5, 5.41) is 14.8. The fourth-order valence-electron chi connectivity index (χ4n) is 4.63. The highest BCUT2D eigenvalue weighted by Gasteiger charge is 2.29. The van der Waals surface area contributed by atoms with Crippen molar-refractivity contribution >= 4 is 18.0 Å². The number of carboxylic acids is 1. The topological polar surface area (TPSA) is 105 Å². The molecule has 0 saturated carbocycles. The number of ether oxygens (including phenoxy) is 1. The summed E-state index contributed by atoms with van der Waals surface area (Å²) < 4.78 is 5.63. The molecule has 0 radical (unpaired) electrons. The van der Waals surface area contributed by atoms with Crippen molar-refractivity contribution in [3.05, 3.63) is 59.7 Å². The second-order valence-corrected chi connectivity index (χ2v) is 9.11. The number of aliphatic carboxylic acids is 1. The van der Waals surface area contributed by atoms with Crippen LogP contribution in [0.3, 0.4) is 0 Å². The molecule has 1 aliphatic carbocycles. The predicted octanol–water partition coefficient (Wildman–Crippen LogP) is 5.23. The van der Waals surface area contributed by atoms with Gasteiger partial charge >= 0.3 is 12.1 Å². The van der Waals surface area contributed by atoms with Gasteiger partial charge in [-0.05, 0) is 35.1 Å². The molecule has 188 valence electrons. The van der Waals surface area contributed by atoms with Gasteiger partial charge in [-0.1, -0.05) is 88.1 Å². The van der Waals surface area contributed by atoms with Crippen LogP contribution in [0.2, 0.25) is 0 Å². The van der Waals surface area contributed by atoms with Crippen molar-refractivity contribution in [1.29, 1.82) is 0 Å². The highest BCUT2D eigenvalue weighted by molar-refractivity contribution is 5.84. The molecule has 0 bridgehead atoms. The first-order valence-electron chi connectivity index (χ1n) is 12.6. The van der Waals surface area contributed by atoms with Crippen LogP contribution in [0, 0.1) is 0 Å². The number of carboxylic acid groups (broad SMARTS) is 1. The van der Waals surface area contributed by atoms with E-state index in [1.54, 1.807) is 0 Å². The number of carbonyl (C=O) groups excluding carboxylic acids is 2. The van der Waals surface area contributed by atoms with E-state index >= 15 is 0 Å². The van der Waals surface area contributed by atoms with Crippen molar-refractivity contribution in [1.82, 2.24) is 10.6 Å². The highest BCUT2D eigenvalue weighted by atomic mass is 16.5. The Balaban J connectivity index is 1.59. The van der Waals surface area contributed by atoms with Gasteiger partial charge in [-0.3, -0.25) is 4.79 Å². The van der Waals surface area contributed by atoms with Gasteiger partial charge in [-0.2, -0.15) is 0 Å². The third kappa shape index (κ3) is 7.07. The van der Waals surface area contributed by atoms with E-state index in [1.807, 2.05) is 38.1 Å². The summed E-state index contributed by atoms with van der Waals surface area (Å²) in [5.41, 5.74) is 4.58. The molecule has 2 amide bonds. The number of hydrogen-bond donors (Lipinski definition) is 3. The Morgan fingerprint density at radius 2 is 1.46 bits per heavy atom. The number of benzene rings is 2. The fraction of sp³-hybridized carbons (Fsp3) is 0.464. The number of carbonyl (C=O) groups is 3. The zero-order chi connectivity index (χ0) is 25.2. The van der Waals surface area contributed by atoms with Gasteiger partial charge in [0.15, 0.2) is 0 Å².